The predicted molar refractivity (Wildman–Crippen MR) is 55.9 cm³/mol. The molecule has 13 heavy (non-hydrogen) atoms. The lowest BCUT2D eigenvalue weighted by molar-refractivity contribution is 0.521. The van der Waals surface area contributed by atoms with Crippen LogP contribution in [0.1, 0.15) is 45.3 Å². The largest absolute Gasteiger partial charge is 0.330 e. The van der Waals surface area contributed by atoms with Gasteiger partial charge in [0.1, 0.15) is 5.82 Å². The summed E-state index contributed by atoms with van der Waals surface area (Å²) < 4.78 is 2.32. The van der Waals surface area contributed by atoms with Crippen LogP contribution in [0.5, 0.6) is 0 Å². The third-order valence-electron chi connectivity index (χ3n) is 2.17. The first-order chi connectivity index (χ1) is 6.02. The fourth-order valence-electron chi connectivity index (χ4n) is 1.72. The second kappa shape index (κ2) is 3.95. The summed E-state index contributed by atoms with van der Waals surface area (Å²) >= 11 is 0. The molecule has 0 bridgehead atoms. The van der Waals surface area contributed by atoms with Gasteiger partial charge in [-0.15, -0.1) is 0 Å². The summed E-state index contributed by atoms with van der Waals surface area (Å²) in [6, 6.07) is 0.524. The van der Waals surface area contributed by atoms with Crippen LogP contribution < -0.4 is 0 Å². The zero-order chi connectivity index (χ0) is 10.0. The van der Waals surface area contributed by atoms with E-state index in [4.69, 9.17) is 0 Å². The molecule has 0 unspecified atom stereocenters. The van der Waals surface area contributed by atoms with E-state index >= 15 is 0 Å². The number of hydrogen-bond acceptors (Lipinski definition) is 1. The van der Waals surface area contributed by atoms with Gasteiger partial charge in [-0.05, 0) is 26.7 Å². The molecule has 0 aliphatic heterocycles. The predicted octanol–water partition coefficient (Wildman–Crippen LogP) is 2.97. The molecule has 0 radical (unpaired) electrons. The van der Waals surface area contributed by atoms with Gasteiger partial charge in [0.15, 0.2) is 0 Å². The molecule has 0 saturated heterocycles. The summed E-state index contributed by atoms with van der Waals surface area (Å²) in [5.41, 5.74) is 1.27. The SMILES string of the molecule is Cc1cnc(CC(C)C)n1C(C)C. The first kappa shape index (κ1) is 10.3. The Morgan fingerprint density at radius 2 is 1.92 bits per heavy atom. The van der Waals surface area contributed by atoms with Crippen LogP contribution in [0.15, 0.2) is 6.20 Å². The van der Waals surface area contributed by atoms with Crippen LogP contribution in [-0.2, 0) is 6.42 Å². The maximum Gasteiger partial charge on any atom is 0.109 e. The van der Waals surface area contributed by atoms with Gasteiger partial charge in [-0.25, -0.2) is 4.98 Å². The average molecular weight is 180 g/mol. The van der Waals surface area contributed by atoms with Crippen LogP contribution in [0.4, 0.5) is 0 Å². The van der Waals surface area contributed by atoms with Gasteiger partial charge in [0.25, 0.3) is 0 Å². The van der Waals surface area contributed by atoms with Crippen LogP contribution in [0, 0.1) is 12.8 Å². The maximum absolute atomic E-state index is 4.44. The molecule has 0 atom stereocenters. The number of rotatable bonds is 3. The second-order valence-corrected chi connectivity index (χ2v) is 4.38. The standard InChI is InChI=1S/C11H20N2/c1-8(2)6-11-12-7-10(5)13(11)9(3)4/h7-9H,6H2,1-5H3. The van der Waals surface area contributed by atoms with Crippen molar-refractivity contribution in [2.45, 2.75) is 47.1 Å². The van der Waals surface area contributed by atoms with E-state index in [0.717, 1.165) is 6.42 Å². The Kier molecular flexibility index (Phi) is 3.12. The molecule has 0 N–H and O–H groups in total. The second-order valence-electron chi connectivity index (χ2n) is 4.38. The minimum Gasteiger partial charge on any atom is -0.330 e. The van der Waals surface area contributed by atoms with Crippen molar-refractivity contribution in [2.75, 3.05) is 0 Å². The van der Waals surface area contributed by atoms with Crippen molar-refractivity contribution in [1.82, 2.24) is 9.55 Å². The van der Waals surface area contributed by atoms with Crippen LogP contribution in [-0.4, -0.2) is 9.55 Å². The van der Waals surface area contributed by atoms with E-state index in [1.807, 2.05) is 6.20 Å². The normalized spacial score (nSPS) is 11.6. The first-order valence-electron chi connectivity index (χ1n) is 5.05. The third kappa shape index (κ3) is 2.33. The molecular formula is C11H20N2. The Labute approximate surface area is 81.0 Å². The smallest absolute Gasteiger partial charge is 0.109 e. The Morgan fingerprint density at radius 1 is 1.31 bits per heavy atom. The first-order valence-corrected chi connectivity index (χ1v) is 5.05. The van der Waals surface area contributed by atoms with Gasteiger partial charge in [-0.3, -0.25) is 0 Å². The number of hydrogen-bond donors (Lipinski definition) is 0. The van der Waals surface area contributed by atoms with Crippen molar-refractivity contribution < 1.29 is 0 Å². The van der Waals surface area contributed by atoms with Gasteiger partial charge in [-0.1, -0.05) is 13.8 Å². The number of aryl methyl sites for hydroxylation is 1. The highest BCUT2D eigenvalue weighted by Crippen LogP contribution is 2.15. The summed E-state index contributed by atoms with van der Waals surface area (Å²) in [6.45, 7) is 11.0. The molecule has 0 fully saturated rings. The summed E-state index contributed by atoms with van der Waals surface area (Å²) in [6.07, 6.45) is 3.05. The van der Waals surface area contributed by atoms with Gasteiger partial charge in [-0.2, -0.15) is 0 Å². The van der Waals surface area contributed by atoms with Gasteiger partial charge in [0.05, 0.1) is 0 Å². The van der Waals surface area contributed by atoms with E-state index in [0.29, 0.717) is 12.0 Å². The molecule has 2 heteroatoms. The molecule has 0 aliphatic rings. The van der Waals surface area contributed by atoms with Crippen molar-refractivity contribution in [3.8, 4) is 0 Å². The van der Waals surface area contributed by atoms with E-state index in [-0.39, 0.29) is 0 Å². The number of aromatic nitrogens is 2. The zero-order valence-electron chi connectivity index (χ0n) is 9.33. The molecule has 2 nitrogen and oxygen atoms in total. The lowest BCUT2D eigenvalue weighted by Crippen LogP contribution is -2.10. The van der Waals surface area contributed by atoms with Crippen molar-refractivity contribution in [1.29, 1.82) is 0 Å². The van der Waals surface area contributed by atoms with Crippen LogP contribution in [0.2, 0.25) is 0 Å². The molecular weight excluding hydrogens is 160 g/mol. The average Bonchev–Trinajstić information content (AvgIpc) is 2.30. The summed E-state index contributed by atoms with van der Waals surface area (Å²) in [4.78, 5) is 4.44. The molecule has 0 aromatic carbocycles. The summed E-state index contributed by atoms with van der Waals surface area (Å²) in [5.74, 6) is 1.90. The molecule has 1 aromatic rings. The highest BCUT2D eigenvalue weighted by Gasteiger charge is 2.10. The minimum atomic E-state index is 0.524. The molecule has 0 saturated carbocycles. The van der Waals surface area contributed by atoms with Gasteiger partial charge in [0, 0.05) is 24.4 Å². The van der Waals surface area contributed by atoms with Crippen molar-refractivity contribution in [2.24, 2.45) is 5.92 Å². The van der Waals surface area contributed by atoms with E-state index in [2.05, 4.69) is 44.2 Å². The lowest BCUT2D eigenvalue weighted by atomic mass is 10.1. The maximum atomic E-state index is 4.44. The van der Waals surface area contributed by atoms with Crippen molar-refractivity contribution in [3.63, 3.8) is 0 Å². The Bertz CT molecular complexity index is 272. The van der Waals surface area contributed by atoms with Gasteiger partial charge < -0.3 is 4.57 Å². The highest BCUT2D eigenvalue weighted by atomic mass is 15.1. The van der Waals surface area contributed by atoms with Crippen molar-refractivity contribution >= 4 is 0 Å². The van der Waals surface area contributed by atoms with Gasteiger partial charge in [0.2, 0.25) is 0 Å². The van der Waals surface area contributed by atoms with Gasteiger partial charge >= 0.3 is 0 Å². The van der Waals surface area contributed by atoms with Crippen LogP contribution >= 0.6 is 0 Å². The van der Waals surface area contributed by atoms with Crippen molar-refractivity contribution in [3.05, 3.63) is 17.7 Å². The monoisotopic (exact) mass is 180 g/mol. The fraction of sp³-hybridized carbons (Fsp3) is 0.727. The molecule has 0 spiro atoms. The molecule has 0 amide bonds. The summed E-state index contributed by atoms with van der Waals surface area (Å²) in [7, 11) is 0. The minimum absolute atomic E-state index is 0.524. The molecule has 1 aromatic heterocycles. The lowest BCUT2D eigenvalue weighted by Gasteiger charge is -2.14. The Morgan fingerprint density at radius 3 is 2.38 bits per heavy atom. The number of imidazole rings is 1. The van der Waals surface area contributed by atoms with E-state index in [1.165, 1.54) is 11.5 Å². The third-order valence-corrected chi connectivity index (χ3v) is 2.17. The van der Waals surface area contributed by atoms with Crippen LogP contribution in [0.25, 0.3) is 0 Å². The van der Waals surface area contributed by atoms with E-state index in [1.54, 1.807) is 0 Å². The Balaban J connectivity index is 2.94. The molecule has 74 valence electrons. The van der Waals surface area contributed by atoms with Crippen LogP contribution in [0.3, 0.4) is 0 Å². The summed E-state index contributed by atoms with van der Waals surface area (Å²) in [5, 5.41) is 0. The number of nitrogens with zero attached hydrogens (tertiary/aromatic N) is 2. The highest BCUT2D eigenvalue weighted by molar-refractivity contribution is 5.05. The fourth-order valence-corrected chi connectivity index (χ4v) is 1.72. The topological polar surface area (TPSA) is 17.8 Å². The van der Waals surface area contributed by atoms with E-state index in [9.17, 15) is 0 Å². The van der Waals surface area contributed by atoms with E-state index < -0.39 is 0 Å². The Hall–Kier alpha value is -0.790. The quantitative estimate of drug-likeness (QED) is 0.699. The molecule has 1 heterocycles. The molecule has 1 rings (SSSR count). The molecule has 0 aliphatic carbocycles. The zero-order valence-corrected chi connectivity index (χ0v) is 9.33.